The number of thioether (sulfide) groups is 1. The lowest BCUT2D eigenvalue weighted by molar-refractivity contribution is -0.113. The van der Waals surface area contributed by atoms with Crippen LogP contribution in [0.3, 0.4) is 0 Å². The van der Waals surface area contributed by atoms with E-state index in [0.717, 1.165) is 23.0 Å². The lowest BCUT2D eigenvalue weighted by Crippen LogP contribution is -2.14. The first-order valence-corrected chi connectivity index (χ1v) is 8.12. The molecule has 3 rings (SSSR count). The van der Waals surface area contributed by atoms with E-state index in [2.05, 4.69) is 15.3 Å². The minimum atomic E-state index is -1.00. The first-order chi connectivity index (χ1) is 11.5. The number of hydrogen-bond acceptors (Lipinski definition) is 4. The van der Waals surface area contributed by atoms with Gasteiger partial charge < -0.3 is 5.32 Å². The highest BCUT2D eigenvalue weighted by Gasteiger charge is 2.10. The molecule has 0 saturated heterocycles. The van der Waals surface area contributed by atoms with E-state index in [1.165, 1.54) is 17.8 Å². The van der Waals surface area contributed by atoms with Crippen molar-refractivity contribution in [3.8, 4) is 0 Å². The van der Waals surface area contributed by atoms with Crippen molar-refractivity contribution < 1.29 is 13.6 Å². The maximum Gasteiger partial charge on any atom is 0.234 e. The van der Waals surface area contributed by atoms with Gasteiger partial charge in [0.25, 0.3) is 0 Å². The summed E-state index contributed by atoms with van der Waals surface area (Å²) in [4.78, 5) is 20.7. The van der Waals surface area contributed by atoms with Crippen LogP contribution in [0.2, 0.25) is 0 Å². The molecule has 3 aromatic rings. The Labute approximate surface area is 141 Å². The van der Waals surface area contributed by atoms with E-state index in [1.54, 1.807) is 6.92 Å². The molecule has 122 valence electrons. The number of para-hydroxylation sites is 1. The van der Waals surface area contributed by atoms with Crippen LogP contribution in [0.4, 0.5) is 14.5 Å². The maximum atomic E-state index is 13.2. The molecule has 0 fully saturated rings. The average Bonchev–Trinajstić information content (AvgIpc) is 2.56. The molecule has 2 aromatic carbocycles. The molecule has 1 amide bonds. The van der Waals surface area contributed by atoms with Gasteiger partial charge in [-0.3, -0.25) is 4.79 Å². The highest BCUT2D eigenvalue weighted by Crippen LogP contribution is 2.25. The van der Waals surface area contributed by atoms with Gasteiger partial charge in [-0.2, -0.15) is 0 Å². The number of aryl methyl sites for hydroxylation is 1. The van der Waals surface area contributed by atoms with Crippen LogP contribution in [0.5, 0.6) is 0 Å². The molecule has 1 heterocycles. The van der Waals surface area contributed by atoms with Gasteiger partial charge in [-0.1, -0.05) is 30.0 Å². The number of anilines is 1. The van der Waals surface area contributed by atoms with Crippen molar-refractivity contribution in [3.63, 3.8) is 0 Å². The standard InChI is InChI=1S/C17H13F2N3OS/c1-10-20-15-5-3-2-4-12(15)17(21-10)24-9-16(23)22-11-6-7-13(18)14(19)8-11/h2-8H,9H2,1H3,(H,22,23). The average molecular weight is 345 g/mol. The summed E-state index contributed by atoms with van der Waals surface area (Å²) >= 11 is 1.27. The molecule has 0 bridgehead atoms. The van der Waals surface area contributed by atoms with Gasteiger partial charge in [-0.15, -0.1) is 0 Å². The first kappa shape index (κ1) is 16.3. The second-order valence-corrected chi connectivity index (χ2v) is 6.02. The van der Waals surface area contributed by atoms with Gasteiger partial charge in [0.2, 0.25) is 5.91 Å². The topological polar surface area (TPSA) is 54.9 Å². The van der Waals surface area contributed by atoms with E-state index in [1.807, 2.05) is 24.3 Å². The quantitative estimate of drug-likeness (QED) is 0.575. The first-order valence-electron chi connectivity index (χ1n) is 7.14. The normalized spacial score (nSPS) is 10.8. The van der Waals surface area contributed by atoms with Crippen LogP contribution in [-0.4, -0.2) is 21.6 Å². The van der Waals surface area contributed by atoms with E-state index in [9.17, 15) is 13.6 Å². The monoisotopic (exact) mass is 345 g/mol. The Hall–Kier alpha value is -2.54. The fourth-order valence-electron chi connectivity index (χ4n) is 2.17. The van der Waals surface area contributed by atoms with E-state index >= 15 is 0 Å². The number of benzene rings is 2. The number of nitrogens with zero attached hydrogens (tertiary/aromatic N) is 2. The molecule has 0 aliphatic carbocycles. The number of fused-ring (bicyclic) bond motifs is 1. The summed E-state index contributed by atoms with van der Waals surface area (Å²) in [5.74, 6) is -1.56. The Bertz CT molecular complexity index is 917. The zero-order valence-corrected chi connectivity index (χ0v) is 13.5. The number of rotatable bonds is 4. The molecule has 0 aliphatic heterocycles. The largest absolute Gasteiger partial charge is 0.325 e. The Kier molecular flexibility index (Phi) is 4.71. The van der Waals surface area contributed by atoms with Crippen molar-refractivity contribution in [2.24, 2.45) is 0 Å². The second-order valence-electron chi connectivity index (χ2n) is 5.06. The van der Waals surface area contributed by atoms with Crippen LogP contribution < -0.4 is 5.32 Å². The van der Waals surface area contributed by atoms with Crippen LogP contribution in [0.15, 0.2) is 47.5 Å². The fraction of sp³-hybridized carbons (Fsp3) is 0.118. The molecule has 24 heavy (non-hydrogen) atoms. The van der Waals surface area contributed by atoms with Crippen molar-refractivity contribution in [1.29, 1.82) is 0 Å². The number of halogens is 2. The summed E-state index contributed by atoms with van der Waals surface area (Å²) in [6.07, 6.45) is 0. The Morgan fingerprint density at radius 3 is 2.71 bits per heavy atom. The molecule has 0 unspecified atom stereocenters. The van der Waals surface area contributed by atoms with Gasteiger partial charge in [-0.25, -0.2) is 18.7 Å². The van der Waals surface area contributed by atoms with Crippen LogP contribution >= 0.6 is 11.8 Å². The summed E-state index contributed by atoms with van der Waals surface area (Å²) in [5.41, 5.74) is 1.02. The smallest absolute Gasteiger partial charge is 0.234 e. The van der Waals surface area contributed by atoms with Crippen molar-refractivity contribution in [2.75, 3.05) is 11.1 Å². The number of hydrogen-bond donors (Lipinski definition) is 1. The van der Waals surface area contributed by atoms with Crippen LogP contribution in [0, 0.1) is 18.6 Å². The summed E-state index contributed by atoms with van der Waals surface area (Å²) in [7, 11) is 0. The molecule has 1 N–H and O–H groups in total. The summed E-state index contributed by atoms with van der Waals surface area (Å²) in [5, 5.41) is 4.11. The maximum absolute atomic E-state index is 13.2. The zero-order chi connectivity index (χ0) is 17.1. The van der Waals surface area contributed by atoms with Crippen LogP contribution in [0.25, 0.3) is 10.9 Å². The zero-order valence-electron chi connectivity index (χ0n) is 12.7. The second kappa shape index (κ2) is 6.92. The fourth-order valence-corrected chi connectivity index (χ4v) is 3.04. The molecule has 0 aliphatic rings. The molecule has 0 radical (unpaired) electrons. The van der Waals surface area contributed by atoms with Crippen molar-refractivity contribution in [3.05, 3.63) is 59.9 Å². The van der Waals surface area contributed by atoms with Crippen LogP contribution in [-0.2, 0) is 4.79 Å². The molecule has 0 saturated carbocycles. The Morgan fingerprint density at radius 2 is 1.92 bits per heavy atom. The molecular weight excluding hydrogens is 332 g/mol. The highest BCUT2D eigenvalue weighted by atomic mass is 32.2. The predicted molar refractivity (Wildman–Crippen MR) is 90.0 cm³/mol. The molecule has 4 nitrogen and oxygen atoms in total. The SMILES string of the molecule is Cc1nc(SCC(=O)Nc2ccc(F)c(F)c2)c2ccccc2n1. The van der Waals surface area contributed by atoms with Gasteiger partial charge in [0.05, 0.1) is 11.3 Å². The van der Waals surface area contributed by atoms with Gasteiger partial charge >= 0.3 is 0 Å². The number of amides is 1. The van der Waals surface area contributed by atoms with E-state index in [-0.39, 0.29) is 17.3 Å². The van der Waals surface area contributed by atoms with E-state index in [0.29, 0.717) is 10.9 Å². The predicted octanol–water partition coefficient (Wildman–Crippen LogP) is 3.95. The minimum Gasteiger partial charge on any atom is -0.325 e. The molecule has 0 spiro atoms. The van der Waals surface area contributed by atoms with Gasteiger partial charge in [0.1, 0.15) is 10.9 Å². The lowest BCUT2D eigenvalue weighted by atomic mass is 10.2. The van der Waals surface area contributed by atoms with Gasteiger partial charge in [-0.05, 0) is 25.1 Å². The number of carbonyl (C=O) groups excluding carboxylic acids is 1. The third-order valence-corrected chi connectivity index (χ3v) is 4.21. The molecule has 1 aromatic heterocycles. The van der Waals surface area contributed by atoms with Crippen molar-refractivity contribution in [2.45, 2.75) is 11.9 Å². The van der Waals surface area contributed by atoms with E-state index in [4.69, 9.17) is 0 Å². The number of carbonyl (C=O) groups is 1. The third kappa shape index (κ3) is 3.68. The van der Waals surface area contributed by atoms with E-state index < -0.39 is 11.6 Å². The molecule has 0 atom stereocenters. The minimum absolute atomic E-state index is 0.0967. The lowest BCUT2D eigenvalue weighted by Gasteiger charge is -2.08. The summed E-state index contributed by atoms with van der Waals surface area (Å²) < 4.78 is 26.0. The van der Waals surface area contributed by atoms with Crippen molar-refractivity contribution in [1.82, 2.24) is 9.97 Å². The summed E-state index contributed by atoms with van der Waals surface area (Å²) in [6, 6.07) is 10.8. The highest BCUT2D eigenvalue weighted by molar-refractivity contribution is 8.00. The van der Waals surface area contributed by atoms with Crippen molar-refractivity contribution >= 4 is 34.3 Å². The third-order valence-electron chi connectivity index (χ3n) is 3.22. The molecular formula is C17H13F2N3OS. The number of aromatic nitrogens is 2. The van der Waals surface area contributed by atoms with Crippen LogP contribution in [0.1, 0.15) is 5.82 Å². The molecule has 7 heteroatoms. The Balaban J connectivity index is 1.71. The van der Waals surface area contributed by atoms with Gasteiger partial charge in [0.15, 0.2) is 11.6 Å². The number of nitrogens with one attached hydrogen (secondary N) is 1. The Morgan fingerprint density at radius 1 is 1.12 bits per heavy atom. The summed E-state index contributed by atoms with van der Waals surface area (Å²) in [6.45, 7) is 1.79. The van der Waals surface area contributed by atoms with Gasteiger partial charge in [0, 0.05) is 17.1 Å².